The van der Waals surface area contributed by atoms with E-state index in [-0.39, 0.29) is 23.8 Å². The summed E-state index contributed by atoms with van der Waals surface area (Å²) in [5, 5.41) is 5.91. The highest BCUT2D eigenvalue weighted by molar-refractivity contribution is 6.00. The van der Waals surface area contributed by atoms with Gasteiger partial charge in [-0.1, -0.05) is 63.9 Å². The molecular formula is C35H49N3O4. The Morgan fingerprint density at radius 2 is 1.50 bits per heavy atom. The molecule has 0 saturated heterocycles. The molecule has 0 aromatic heterocycles. The summed E-state index contributed by atoms with van der Waals surface area (Å²) in [6.45, 7) is 19.1. The molecule has 7 nitrogen and oxygen atoms in total. The summed E-state index contributed by atoms with van der Waals surface area (Å²) in [7, 11) is 0. The second-order valence-corrected chi connectivity index (χ2v) is 12.9. The van der Waals surface area contributed by atoms with Crippen molar-refractivity contribution in [3.8, 4) is 12.3 Å². The Balaban J connectivity index is 2.68. The third kappa shape index (κ3) is 9.65. The minimum absolute atomic E-state index is 0.268. The van der Waals surface area contributed by atoms with Crippen LogP contribution in [0.2, 0.25) is 0 Å². The summed E-state index contributed by atoms with van der Waals surface area (Å²) in [5.74, 6) is 2.06. The van der Waals surface area contributed by atoms with Crippen LogP contribution in [-0.4, -0.2) is 40.5 Å². The molecule has 0 radical (unpaired) electrons. The monoisotopic (exact) mass is 575 g/mol. The molecule has 2 rings (SSSR count). The van der Waals surface area contributed by atoms with Crippen molar-refractivity contribution < 1.29 is 19.1 Å². The Bertz CT molecular complexity index is 1250. The van der Waals surface area contributed by atoms with Crippen molar-refractivity contribution in [3.05, 3.63) is 64.7 Å². The van der Waals surface area contributed by atoms with Crippen LogP contribution in [-0.2, 0) is 14.3 Å². The highest BCUT2D eigenvalue weighted by Crippen LogP contribution is 2.31. The highest BCUT2D eigenvalue weighted by atomic mass is 16.6. The first kappa shape index (κ1) is 34.4. The zero-order valence-corrected chi connectivity index (χ0v) is 27.0. The van der Waals surface area contributed by atoms with E-state index >= 15 is 0 Å². The van der Waals surface area contributed by atoms with Crippen LogP contribution >= 0.6 is 0 Å². The standard InChI is InChI=1S/C35H49N3O4/c1-12-27-18-20-28(21-19-27)31(32(39)36-30-24(6)14-13-15-25(30)7)38(26(8)17-16-22(2)3)33(40)29(23(4)5)37-34(41)42-35(9,10)11/h1,13-15,18-23,26,29,31H,16-17H2,2-11H3,(H,36,39)(H,37,41). The first-order chi connectivity index (χ1) is 19.5. The zero-order valence-electron chi connectivity index (χ0n) is 27.0. The van der Waals surface area contributed by atoms with Crippen molar-refractivity contribution in [2.24, 2.45) is 11.8 Å². The highest BCUT2D eigenvalue weighted by Gasteiger charge is 2.40. The first-order valence-electron chi connectivity index (χ1n) is 14.8. The number of rotatable bonds is 11. The van der Waals surface area contributed by atoms with Gasteiger partial charge in [0.15, 0.2) is 0 Å². The lowest BCUT2D eigenvalue weighted by atomic mass is 9.94. The Kier molecular flexibility index (Phi) is 12.2. The van der Waals surface area contributed by atoms with E-state index in [1.54, 1.807) is 49.9 Å². The number of benzene rings is 2. The van der Waals surface area contributed by atoms with Crippen molar-refractivity contribution in [1.82, 2.24) is 10.2 Å². The predicted octanol–water partition coefficient (Wildman–Crippen LogP) is 7.17. The molecule has 0 aliphatic heterocycles. The number of carbonyl (C=O) groups excluding carboxylic acids is 3. The molecule has 2 aromatic carbocycles. The maximum atomic E-state index is 14.5. The Labute approximate surface area is 252 Å². The van der Waals surface area contributed by atoms with Crippen LogP contribution in [0.1, 0.15) is 96.5 Å². The number of carbonyl (C=O) groups is 3. The molecule has 0 spiro atoms. The number of alkyl carbamates (subject to hydrolysis) is 1. The van der Waals surface area contributed by atoms with Crippen LogP contribution in [0, 0.1) is 38.0 Å². The van der Waals surface area contributed by atoms with Crippen molar-refractivity contribution >= 4 is 23.6 Å². The van der Waals surface area contributed by atoms with E-state index in [0.29, 0.717) is 29.2 Å². The maximum Gasteiger partial charge on any atom is 0.408 e. The van der Waals surface area contributed by atoms with E-state index in [9.17, 15) is 14.4 Å². The summed E-state index contributed by atoms with van der Waals surface area (Å²) < 4.78 is 5.49. The number of ether oxygens (including phenoxy) is 1. The van der Waals surface area contributed by atoms with Gasteiger partial charge in [0.1, 0.15) is 17.7 Å². The van der Waals surface area contributed by atoms with Crippen LogP contribution < -0.4 is 10.6 Å². The van der Waals surface area contributed by atoms with Crippen LogP contribution in [0.15, 0.2) is 42.5 Å². The van der Waals surface area contributed by atoms with Gasteiger partial charge in [0.25, 0.3) is 5.91 Å². The van der Waals surface area contributed by atoms with Gasteiger partial charge in [0, 0.05) is 17.3 Å². The number of aryl methyl sites for hydroxylation is 2. The number of amides is 3. The molecule has 228 valence electrons. The SMILES string of the molecule is C#Cc1ccc(C(C(=O)Nc2c(C)cccc2C)N(C(=O)C(NC(=O)OC(C)(C)C)C(C)C)C(C)CCC(C)C)cc1. The molecule has 2 aromatic rings. The Morgan fingerprint density at radius 1 is 0.929 bits per heavy atom. The van der Waals surface area contributed by atoms with E-state index in [1.165, 1.54) is 0 Å². The third-order valence-corrected chi connectivity index (χ3v) is 7.15. The lowest BCUT2D eigenvalue weighted by Crippen LogP contribution is -2.56. The number of hydrogen-bond acceptors (Lipinski definition) is 4. The van der Waals surface area contributed by atoms with Gasteiger partial charge in [0.05, 0.1) is 0 Å². The molecule has 3 unspecified atom stereocenters. The molecule has 0 saturated carbocycles. The fourth-order valence-electron chi connectivity index (χ4n) is 4.82. The number of para-hydroxylation sites is 1. The zero-order chi connectivity index (χ0) is 31.8. The minimum Gasteiger partial charge on any atom is -0.444 e. The predicted molar refractivity (Wildman–Crippen MR) is 170 cm³/mol. The van der Waals surface area contributed by atoms with E-state index in [4.69, 9.17) is 11.2 Å². The van der Waals surface area contributed by atoms with E-state index < -0.39 is 23.8 Å². The van der Waals surface area contributed by atoms with Crippen LogP contribution in [0.3, 0.4) is 0 Å². The number of terminal acetylenes is 1. The summed E-state index contributed by atoms with van der Waals surface area (Å²) in [4.78, 5) is 43.3. The van der Waals surface area contributed by atoms with Gasteiger partial charge >= 0.3 is 6.09 Å². The lowest BCUT2D eigenvalue weighted by Gasteiger charge is -2.39. The second-order valence-electron chi connectivity index (χ2n) is 12.9. The molecular weight excluding hydrogens is 526 g/mol. The molecule has 3 atom stereocenters. The van der Waals surface area contributed by atoms with Gasteiger partial charge < -0.3 is 20.3 Å². The smallest absolute Gasteiger partial charge is 0.408 e. The second kappa shape index (κ2) is 14.9. The van der Waals surface area contributed by atoms with Gasteiger partial charge in [-0.2, -0.15) is 0 Å². The topological polar surface area (TPSA) is 87.7 Å². The summed E-state index contributed by atoms with van der Waals surface area (Å²) >= 11 is 0. The molecule has 7 heteroatoms. The van der Waals surface area contributed by atoms with Crippen molar-refractivity contribution in [1.29, 1.82) is 0 Å². The maximum absolute atomic E-state index is 14.5. The molecule has 0 bridgehead atoms. The summed E-state index contributed by atoms with van der Waals surface area (Å²) in [6, 6.07) is 10.7. The average molecular weight is 576 g/mol. The van der Waals surface area contributed by atoms with Crippen molar-refractivity contribution in [2.45, 2.75) is 106 Å². The number of nitrogens with zero attached hydrogens (tertiary/aromatic N) is 1. The molecule has 3 amide bonds. The largest absolute Gasteiger partial charge is 0.444 e. The summed E-state index contributed by atoms with van der Waals surface area (Å²) in [5.41, 5.74) is 3.12. The van der Waals surface area contributed by atoms with Gasteiger partial charge in [-0.05, 0) is 95.0 Å². The van der Waals surface area contributed by atoms with E-state index in [0.717, 1.165) is 17.5 Å². The van der Waals surface area contributed by atoms with Crippen molar-refractivity contribution in [3.63, 3.8) is 0 Å². The molecule has 0 aliphatic rings. The van der Waals surface area contributed by atoms with Crippen LogP contribution in [0.25, 0.3) is 0 Å². The minimum atomic E-state index is -0.979. The molecule has 42 heavy (non-hydrogen) atoms. The third-order valence-electron chi connectivity index (χ3n) is 7.15. The quantitative estimate of drug-likeness (QED) is 0.278. The van der Waals surface area contributed by atoms with Gasteiger partial charge in [-0.25, -0.2) is 4.79 Å². The van der Waals surface area contributed by atoms with Gasteiger partial charge in [-0.3, -0.25) is 9.59 Å². The van der Waals surface area contributed by atoms with Gasteiger partial charge in [-0.15, -0.1) is 6.42 Å². The molecule has 0 aliphatic carbocycles. The molecule has 2 N–H and O–H groups in total. The average Bonchev–Trinajstić information content (AvgIpc) is 2.89. The Morgan fingerprint density at radius 3 is 1.98 bits per heavy atom. The number of nitrogens with one attached hydrogen (secondary N) is 2. The van der Waals surface area contributed by atoms with Crippen LogP contribution in [0.4, 0.5) is 10.5 Å². The molecule has 0 heterocycles. The fourth-order valence-corrected chi connectivity index (χ4v) is 4.82. The van der Waals surface area contributed by atoms with E-state index in [1.807, 2.05) is 52.8 Å². The lowest BCUT2D eigenvalue weighted by molar-refractivity contribution is -0.144. The molecule has 0 fully saturated rings. The Hall–Kier alpha value is -3.79. The van der Waals surface area contributed by atoms with Crippen molar-refractivity contribution in [2.75, 3.05) is 5.32 Å². The van der Waals surface area contributed by atoms with E-state index in [2.05, 4.69) is 30.4 Å². The fraction of sp³-hybridized carbons (Fsp3) is 0.514. The normalized spacial score (nSPS) is 13.6. The first-order valence-corrected chi connectivity index (χ1v) is 14.8. The van der Waals surface area contributed by atoms with Gasteiger partial charge in [0.2, 0.25) is 5.91 Å². The number of anilines is 1. The number of hydrogen-bond donors (Lipinski definition) is 2. The van der Waals surface area contributed by atoms with Crippen LogP contribution in [0.5, 0.6) is 0 Å². The summed E-state index contributed by atoms with van der Waals surface area (Å²) in [6.07, 6.45) is 6.47.